The highest BCUT2D eigenvalue weighted by molar-refractivity contribution is 6.01. The number of carboxylic acids is 1. The van der Waals surface area contributed by atoms with Gasteiger partial charge in [0.1, 0.15) is 6.04 Å². The molecule has 0 saturated carbocycles. The molecule has 9 heteroatoms. The molecule has 2 aliphatic rings. The average molecular weight is 298 g/mol. The van der Waals surface area contributed by atoms with Gasteiger partial charge in [-0.25, -0.2) is 4.79 Å². The highest BCUT2D eigenvalue weighted by Gasteiger charge is 2.30. The lowest BCUT2D eigenvalue weighted by molar-refractivity contribution is -0.139. The van der Waals surface area contributed by atoms with E-state index in [1.807, 2.05) is 0 Å². The summed E-state index contributed by atoms with van der Waals surface area (Å²) in [6.07, 6.45) is 0.512. The number of carbonyl (C=O) groups excluding carboxylic acids is 3. The number of piperidine rings is 1. The first-order chi connectivity index (χ1) is 9.95. The van der Waals surface area contributed by atoms with Gasteiger partial charge < -0.3 is 15.3 Å². The predicted molar refractivity (Wildman–Crippen MR) is 70.4 cm³/mol. The van der Waals surface area contributed by atoms with E-state index in [9.17, 15) is 19.2 Å². The van der Waals surface area contributed by atoms with Crippen molar-refractivity contribution in [3.8, 4) is 0 Å². The maximum Gasteiger partial charge on any atom is 0.318 e. The molecule has 116 valence electrons. The second kappa shape index (κ2) is 6.53. The van der Waals surface area contributed by atoms with Gasteiger partial charge >= 0.3 is 12.0 Å². The van der Waals surface area contributed by atoms with Gasteiger partial charge in [-0.2, -0.15) is 0 Å². The summed E-state index contributed by atoms with van der Waals surface area (Å²) in [5, 5.41) is 13.5. The minimum absolute atomic E-state index is 0.0391. The van der Waals surface area contributed by atoms with Gasteiger partial charge in [0.25, 0.3) is 0 Å². The third-order valence-electron chi connectivity index (χ3n) is 3.56. The van der Waals surface area contributed by atoms with Crippen molar-refractivity contribution >= 4 is 23.8 Å². The van der Waals surface area contributed by atoms with Gasteiger partial charge in [-0.3, -0.25) is 24.6 Å². The van der Waals surface area contributed by atoms with Crippen LogP contribution >= 0.6 is 0 Å². The van der Waals surface area contributed by atoms with Crippen molar-refractivity contribution in [2.75, 3.05) is 32.7 Å². The fourth-order valence-corrected chi connectivity index (χ4v) is 2.37. The van der Waals surface area contributed by atoms with Gasteiger partial charge in [-0.05, 0) is 6.42 Å². The molecule has 0 aliphatic carbocycles. The Hall–Kier alpha value is -2.16. The Kier molecular flexibility index (Phi) is 4.73. The molecular weight excluding hydrogens is 280 g/mol. The molecule has 1 unspecified atom stereocenters. The quantitative estimate of drug-likeness (QED) is 0.529. The number of nitrogens with one attached hydrogen (secondary N) is 2. The van der Waals surface area contributed by atoms with Gasteiger partial charge in [-0.1, -0.05) is 0 Å². The van der Waals surface area contributed by atoms with Crippen molar-refractivity contribution < 1.29 is 24.3 Å². The number of hydrogen-bond acceptors (Lipinski definition) is 5. The van der Waals surface area contributed by atoms with E-state index in [0.717, 1.165) is 0 Å². The normalized spacial score (nSPS) is 23.6. The number of carbonyl (C=O) groups is 4. The van der Waals surface area contributed by atoms with Crippen molar-refractivity contribution in [2.24, 2.45) is 0 Å². The Morgan fingerprint density at radius 1 is 1.24 bits per heavy atom. The number of rotatable bonds is 3. The monoisotopic (exact) mass is 298 g/mol. The Labute approximate surface area is 121 Å². The molecule has 0 aromatic heterocycles. The van der Waals surface area contributed by atoms with Gasteiger partial charge in [0.05, 0.1) is 6.54 Å². The minimum Gasteiger partial charge on any atom is -0.480 e. The lowest BCUT2D eigenvalue weighted by atomic mass is 10.1. The van der Waals surface area contributed by atoms with Crippen LogP contribution in [-0.2, 0) is 14.4 Å². The molecule has 1 atom stereocenters. The Morgan fingerprint density at radius 2 is 1.90 bits per heavy atom. The Balaban J connectivity index is 1.78. The Morgan fingerprint density at radius 3 is 2.48 bits per heavy atom. The van der Waals surface area contributed by atoms with Gasteiger partial charge in [0.15, 0.2) is 0 Å². The minimum atomic E-state index is -0.892. The second-order valence-corrected chi connectivity index (χ2v) is 5.11. The number of aliphatic carboxylic acids is 1. The van der Waals surface area contributed by atoms with Crippen molar-refractivity contribution in [1.82, 2.24) is 20.4 Å². The molecule has 0 aromatic carbocycles. The van der Waals surface area contributed by atoms with Crippen LogP contribution in [0.2, 0.25) is 0 Å². The molecule has 0 radical (unpaired) electrons. The lowest BCUT2D eigenvalue weighted by Gasteiger charge is -2.34. The Bertz CT molecular complexity index is 459. The van der Waals surface area contributed by atoms with E-state index in [1.54, 1.807) is 9.80 Å². The van der Waals surface area contributed by atoms with E-state index in [4.69, 9.17) is 5.11 Å². The predicted octanol–water partition coefficient (Wildman–Crippen LogP) is -1.80. The summed E-state index contributed by atoms with van der Waals surface area (Å²) in [5.74, 6) is -1.70. The standard InChI is InChI=1S/C12H18N4O5/c17-9-2-1-8(11(20)14-9)13-12(21)16-5-3-15(4-6-16)7-10(18)19/h8H,1-7H2,(H,13,21)(H,18,19)(H,14,17,20). The number of imide groups is 1. The molecule has 2 saturated heterocycles. The van der Waals surface area contributed by atoms with Crippen LogP contribution in [0.5, 0.6) is 0 Å². The number of carboxylic acid groups (broad SMARTS) is 1. The summed E-state index contributed by atoms with van der Waals surface area (Å²) in [6, 6.07) is -1.05. The summed E-state index contributed by atoms with van der Waals surface area (Å²) in [4.78, 5) is 48.5. The number of nitrogens with zero attached hydrogens (tertiary/aromatic N) is 2. The zero-order chi connectivity index (χ0) is 15.4. The molecule has 0 bridgehead atoms. The maximum absolute atomic E-state index is 12.0. The molecule has 4 amide bonds. The third kappa shape index (κ3) is 4.15. The molecule has 21 heavy (non-hydrogen) atoms. The van der Waals surface area contributed by atoms with Crippen molar-refractivity contribution in [1.29, 1.82) is 0 Å². The van der Waals surface area contributed by atoms with Crippen LogP contribution in [0.1, 0.15) is 12.8 Å². The van der Waals surface area contributed by atoms with Gasteiger partial charge in [0, 0.05) is 32.6 Å². The average Bonchev–Trinajstić information content (AvgIpc) is 2.42. The first kappa shape index (κ1) is 15.2. The van der Waals surface area contributed by atoms with Crippen LogP contribution in [-0.4, -0.2) is 77.5 Å². The van der Waals surface area contributed by atoms with E-state index in [-0.39, 0.29) is 24.9 Å². The molecule has 0 aromatic rings. The number of hydrogen-bond donors (Lipinski definition) is 3. The van der Waals surface area contributed by atoms with Crippen molar-refractivity contribution in [2.45, 2.75) is 18.9 Å². The van der Waals surface area contributed by atoms with Crippen molar-refractivity contribution in [3.05, 3.63) is 0 Å². The smallest absolute Gasteiger partial charge is 0.318 e. The summed E-state index contributed by atoms with van der Waals surface area (Å²) < 4.78 is 0. The molecule has 0 spiro atoms. The molecule has 3 N–H and O–H groups in total. The summed E-state index contributed by atoms with van der Waals surface area (Å²) in [6.45, 7) is 1.74. The topological polar surface area (TPSA) is 119 Å². The highest BCUT2D eigenvalue weighted by Crippen LogP contribution is 2.07. The van der Waals surface area contributed by atoms with E-state index in [1.165, 1.54) is 0 Å². The summed E-state index contributed by atoms with van der Waals surface area (Å²) >= 11 is 0. The first-order valence-corrected chi connectivity index (χ1v) is 6.79. The van der Waals surface area contributed by atoms with Crippen LogP contribution in [0.25, 0.3) is 0 Å². The first-order valence-electron chi connectivity index (χ1n) is 6.79. The molecule has 2 heterocycles. The van der Waals surface area contributed by atoms with E-state index in [2.05, 4.69) is 10.6 Å². The van der Waals surface area contributed by atoms with Gasteiger partial charge in [0.2, 0.25) is 11.8 Å². The number of amides is 4. The van der Waals surface area contributed by atoms with Crippen LogP contribution in [0, 0.1) is 0 Å². The van der Waals surface area contributed by atoms with E-state index >= 15 is 0 Å². The van der Waals surface area contributed by atoms with Crippen LogP contribution in [0.4, 0.5) is 4.79 Å². The molecular formula is C12H18N4O5. The summed E-state index contributed by atoms with van der Waals surface area (Å²) in [7, 11) is 0. The van der Waals surface area contributed by atoms with E-state index in [0.29, 0.717) is 32.6 Å². The summed E-state index contributed by atoms with van der Waals surface area (Å²) in [5.41, 5.74) is 0. The van der Waals surface area contributed by atoms with Crippen LogP contribution in [0.3, 0.4) is 0 Å². The highest BCUT2D eigenvalue weighted by atomic mass is 16.4. The molecule has 2 aliphatic heterocycles. The SMILES string of the molecule is O=C(O)CN1CCN(C(=O)NC2CCC(=O)NC2=O)CC1. The third-order valence-corrected chi connectivity index (χ3v) is 3.56. The molecule has 9 nitrogen and oxygen atoms in total. The number of piperazine rings is 1. The largest absolute Gasteiger partial charge is 0.480 e. The zero-order valence-corrected chi connectivity index (χ0v) is 11.5. The fourth-order valence-electron chi connectivity index (χ4n) is 2.37. The lowest BCUT2D eigenvalue weighted by Crippen LogP contribution is -2.58. The zero-order valence-electron chi connectivity index (χ0n) is 11.5. The number of urea groups is 1. The maximum atomic E-state index is 12.0. The molecule has 2 rings (SSSR count). The van der Waals surface area contributed by atoms with Crippen LogP contribution in [0.15, 0.2) is 0 Å². The van der Waals surface area contributed by atoms with Crippen molar-refractivity contribution in [3.63, 3.8) is 0 Å². The second-order valence-electron chi connectivity index (χ2n) is 5.11. The van der Waals surface area contributed by atoms with Crippen LogP contribution < -0.4 is 10.6 Å². The molecule has 2 fully saturated rings. The van der Waals surface area contributed by atoms with E-state index < -0.39 is 17.9 Å². The fraction of sp³-hybridized carbons (Fsp3) is 0.667. The van der Waals surface area contributed by atoms with Gasteiger partial charge in [-0.15, -0.1) is 0 Å².